The summed E-state index contributed by atoms with van der Waals surface area (Å²) < 4.78 is 31.6. The van der Waals surface area contributed by atoms with Gasteiger partial charge >= 0.3 is 29.6 Å². The van der Waals surface area contributed by atoms with Gasteiger partial charge in [0.2, 0.25) is 5.13 Å². The van der Waals surface area contributed by atoms with Gasteiger partial charge in [-0.3, -0.25) is 4.55 Å². The molecule has 0 bridgehead atoms. The van der Waals surface area contributed by atoms with Crippen molar-refractivity contribution in [3.8, 4) is 5.75 Å². The second kappa shape index (κ2) is 7.04. The molecule has 0 saturated carbocycles. The van der Waals surface area contributed by atoms with E-state index in [4.69, 9.17) is 4.55 Å². The monoisotopic (exact) mass is 357 g/mol. The summed E-state index contributed by atoms with van der Waals surface area (Å²) in [7, 11) is -4.37. The molecule has 3 aromatic rings. The SMILES string of the molecule is O=S(=O)(O)c1ccc2ccc([O-])c(N=Nc3nccs3)c2c1.[Na+]. The molecular formula is C13H8N3NaO4S2. The smallest absolute Gasteiger partial charge is 0.871 e. The predicted octanol–water partition coefficient (Wildman–Crippen LogP) is 0.0360. The van der Waals surface area contributed by atoms with E-state index >= 15 is 0 Å². The molecule has 1 N–H and O–H groups in total. The number of fused-ring (bicyclic) bond motifs is 1. The molecule has 0 aliphatic heterocycles. The molecular weight excluding hydrogens is 349 g/mol. The van der Waals surface area contributed by atoms with Crippen molar-refractivity contribution in [2.45, 2.75) is 4.90 Å². The van der Waals surface area contributed by atoms with Crippen LogP contribution in [0, 0.1) is 0 Å². The molecule has 1 aromatic heterocycles. The van der Waals surface area contributed by atoms with Gasteiger partial charge in [0.25, 0.3) is 10.1 Å². The first-order chi connectivity index (χ1) is 10.4. The van der Waals surface area contributed by atoms with Gasteiger partial charge in [-0.05, 0) is 17.5 Å². The Labute approximate surface area is 157 Å². The van der Waals surface area contributed by atoms with Crippen LogP contribution < -0.4 is 34.7 Å². The van der Waals surface area contributed by atoms with Crippen molar-refractivity contribution in [2.24, 2.45) is 10.2 Å². The molecule has 10 heteroatoms. The Hall–Kier alpha value is -1.36. The third kappa shape index (κ3) is 3.94. The fourth-order valence-electron chi connectivity index (χ4n) is 1.88. The zero-order valence-electron chi connectivity index (χ0n) is 11.9. The minimum Gasteiger partial charge on any atom is -0.871 e. The van der Waals surface area contributed by atoms with Crippen LogP contribution in [-0.4, -0.2) is 18.0 Å². The number of aromatic nitrogens is 1. The molecule has 0 fully saturated rings. The van der Waals surface area contributed by atoms with Gasteiger partial charge in [0, 0.05) is 17.0 Å². The van der Waals surface area contributed by atoms with E-state index in [2.05, 4.69) is 15.2 Å². The molecule has 112 valence electrons. The summed E-state index contributed by atoms with van der Waals surface area (Å²) in [5, 5.41) is 22.7. The number of hydrogen-bond donors (Lipinski definition) is 1. The number of rotatable bonds is 3. The van der Waals surface area contributed by atoms with Gasteiger partial charge in [0.05, 0.1) is 10.6 Å². The average molecular weight is 357 g/mol. The summed E-state index contributed by atoms with van der Waals surface area (Å²) in [4.78, 5) is 3.61. The maximum atomic E-state index is 12.0. The van der Waals surface area contributed by atoms with Gasteiger partial charge in [0.1, 0.15) is 0 Å². The molecule has 0 saturated heterocycles. The Kier molecular flexibility index (Phi) is 5.50. The standard InChI is InChI=1S/C13H9N3O4S2.Na/c17-11-4-2-8-1-3-9(22(18,19)20)7-10(8)12(11)15-16-13-14-5-6-21-13;/h1-7,17H,(H,18,19,20);/q;+1/p-1. The van der Waals surface area contributed by atoms with E-state index < -0.39 is 15.9 Å². The normalized spacial score (nSPS) is 11.7. The van der Waals surface area contributed by atoms with Gasteiger partial charge in [-0.1, -0.05) is 23.9 Å². The summed E-state index contributed by atoms with van der Waals surface area (Å²) in [5.74, 6) is -0.403. The molecule has 0 amide bonds. The van der Waals surface area contributed by atoms with E-state index in [1.807, 2.05) is 0 Å². The summed E-state index contributed by atoms with van der Waals surface area (Å²) in [6.07, 6.45) is 1.55. The number of benzene rings is 2. The van der Waals surface area contributed by atoms with Crippen molar-refractivity contribution >= 4 is 43.0 Å². The number of azo groups is 1. The Balaban J connectivity index is 0.00000192. The van der Waals surface area contributed by atoms with Crippen LogP contribution in [0.1, 0.15) is 0 Å². The van der Waals surface area contributed by atoms with Crippen LogP contribution in [-0.2, 0) is 10.1 Å². The van der Waals surface area contributed by atoms with E-state index in [-0.39, 0.29) is 40.1 Å². The summed E-state index contributed by atoms with van der Waals surface area (Å²) >= 11 is 1.25. The van der Waals surface area contributed by atoms with Crippen LogP contribution >= 0.6 is 11.3 Å². The van der Waals surface area contributed by atoms with Crippen LogP contribution in [0.2, 0.25) is 0 Å². The fraction of sp³-hybridized carbons (Fsp3) is 0. The molecule has 0 radical (unpaired) electrons. The summed E-state index contributed by atoms with van der Waals surface area (Å²) in [5.41, 5.74) is -0.00167. The molecule has 0 aliphatic carbocycles. The van der Waals surface area contributed by atoms with Crippen molar-refractivity contribution in [3.63, 3.8) is 0 Å². The van der Waals surface area contributed by atoms with Crippen molar-refractivity contribution in [1.29, 1.82) is 0 Å². The first kappa shape index (κ1) is 18.0. The Morgan fingerprint density at radius 3 is 2.57 bits per heavy atom. The van der Waals surface area contributed by atoms with Crippen LogP contribution in [0.15, 0.2) is 57.0 Å². The second-order valence-electron chi connectivity index (χ2n) is 4.28. The zero-order valence-corrected chi connectivity index (χ0v) is 15.5. The molecule has 23 heavy (non-hydrogen) atoms. The molecule has 2 aromatic carbocycles. The zero-order chi connectivity index (χ0) is 15.7. The van der Waals surface area contributed by atoms with Gasteiger partial charge in [-0.15, -0.1) is 21.6 Å². The number of nitrogens with zero attached hydrogens (tertiary/aromatic N) is 3. The third-order valence-electron chi connectivity index (χ3n) is 2.88. The van der Waals surface area contributed by atoms with Gasteiger partial charge in [0.15, 0.2) is 0 Å². The van der Waals surface area contributed by atoms with Gasteiger partial charge in [-0.25, -0.2) is 4.98 Å². The largest absolute Gasteiger partial charge is 1.00 e. The first-order valence-electron chi connectivity index (χ1n) is 5.98. The van der Waals surface area contributed by atoms with Crippen LogP contribution in [0.3, 0.4) is 0 Å². The summed E-state index contributed by atoms with van der Waals surface area (Å²) in [6, 6.07) is 6.81. The van der Waals surface area contributed by atoms with E-state index in [1.165, 1.54) is 35.6 Å². The molecule has 0 aliphatic rings. The van der Waals surface area contributed by atoms with E-state index in [9.17, 15) is 13.5 Å². The van der Waals surface area contributed by atoms with E-state index in [0.29, 0.717) is 15.9 Å². The van der Waals surface area contributed by atoms with Crippen molar-refractivity contribution in [3.05, 3.63) is 41.9 Å². The summed E-state index contributed by atoms with van der Waals surface area (Å²) in [6.45, 7) is 0. The fourth-order valence-corrected chi connectivity index (χ4v) is 2.84. The minimum absolute atomic E-state index is 0. The number of thiazole rings is 1. The van der Waals surface area contributed by atoms with Crippen LogP contribution in [0.25, 0.3) is 10.8 Å². The molecule has 7 nitrogen and oxygen atoms in total. The maximum absolute atomic E-state index is 12.0. The molecule has 0 spiro atoms. The molecule has 0 atom stereocenters. The van der Waals surface area contributed by atoms with Crippen molar-refractivity contribution in [1.82, 2.24) is 4.98 Å². The molecule has 3 rings (SSSR count). The van der Waals surface area contributed by atoms with Gasteiger partial charge in [-0.2, -0.15) is 8.42 Å². The Morgan fingerprint density at radius 1 is 1.17 bits per heavy atom. The Bertz CT molecular complexity index is 972. The second-order valence-corrected chi connectivity index (χ2v) is 6.58. The first-order valence-corrected chi connectivity index (χ1v) is 8.29. The van der Waals surface area contributed by atoms with Crippen molar-refractivity contribution in [2.75, 3.05) is 0 Å². The van der Waals surface area contributed by atoms with Crippen LogP contribution in [0.4, 0.5) is 10.8 Å². The quantitative estimate of drug-likeness (QED) is 0.404. The predicted molar refractivity (Wildman–Crippen MR) is 79.5 cm³/mol. The van der Waals surface area contributed by atoms with E-state index in [1.54, 1.807) is 17.6 Å². The number of hydrogen-bond acceptors (Lipinski definition) is 7. The maximum Gasteiger partial charge on any atom is 1.00 e. The third-order valence-corrected chi connectivity index (χ3v) is 4.39. The average Bonchev–Trinajstić information content (AvgIpc) is 2.98. The minimum atomic E-state index is -4.37. The van der Waals surface area contributed by atoms with Gasteiger partial charge < -0.3 is 5.11 Å². The Morgan fingerprint density at radius 2 is 1.91 bits per heavy atom. The van der Waals surface area contributed by atoms with Crippen LogP contribution in [0.5, 0.6) is 5.75 Å². The molecule has 1 heterocycles. The molecule has 0 unspecified atom stereocenters. The van der Waals surface area contributed by atoms with E-state index in [0.717, 1.165) is 0 Å². The van der Waals surface area contributed by atoms with Crippen molar-refractivity contribution < 1.29 is 47.6 Å². The topological polar surface area (TPSA) is 115 Å².